The van der Waals surface area contributed by atoms with Crippen molar-refractivity contribution in [1.82, 2.24) is 0 Å². The highest BCUT2D eigenvalue weighted by atomic mass is 16.6. The van der Waals surface area contributed by atoms with E-state index in [1.165, 1.54) is 0 Å². The molecule has 1 saturated heterocycles. The minimum atomic E-state index is -0.621. The quantitative estimate of drug-likeness (QED) is 0.710. The fourth-order valence-corrected chi connectivity index (χ4v) is 4.55. The lowest BCUT2D eigenvalue weighted by atomic mass is 9.71. The monoisotopic (exact) mass is 397 g/mol. The Morgan fingerprint density at radius 2 is 2.14 bits per heavy atom. The number of Topliss-reactive ketones (excluding diaryl/α,β-unsaturated/α-hetero) is 1. The third-order valence-electron chi connectivity index (χ3n) is 5.98. The SMILES string of the molecule is COc1cccc([C@@H]2C3=C(CCCC3=O)N=C(C)C2C(=O)OC[C@H]2CCCO2)c1. The third kappa shape index (κ3) is 3.99. The zero-order chi connectivity index (χ0) is 20.4. The predicted octanol–water partition coefficient (Wildman–Crippen LogP) is 3.60. The van der Waals surface area contributed by atoms with Crippen molar-refractivity contribution < 1.29 is 23.8 Å². The molecule has 0 spiro atoms. The van der Waals surface area contributed by atoms with E-state index in [-0.39, 0.29) is 24.5 Å². The van der Waals surface area contributed by atoms with E-state index in [0.717, 1.165) is 36.9 Å². The maximum atomic E-state index is 13.2. The van der Waals surface area contributed by atoms with E-state index in [1.54, 1.807) is 7.11 Å². The van der Waals surface area contributed by atoms with Crippen LogP contribution in [-0.2, 0) is 19.1 Å². The number of hydrogen-bond acceptors (Lipinski definition) is 6. The smallest absolute Gasteiger partial charge is 0.315 e. The summed E-state index contributed by atoms with van der Waals surface area (Å²) in [6.07, 6.45) is 3.90. The molecule has 2 aliphatic heterocycles. The normalized spacial score (nSPS) is 26.8. The van der Waals surface area contributed by atoms with E-state index in [0.29, 0.717) is 30.1 Å². The third-order valence-corrected chi connectivity index (χ3v) is 5.98. The Morgan fingerprint density at radius 3 is 2.90 bits per heavy atom. The van der Waals surface area contributed by atoms with Gasteiger partial charge in [0.2, 0.25) is 0 Å². The standard InChI is InChI=1S/C23H27NO5/c1-14-20(23(26)29-13-17-8-5-11-28-17)21(15-6-3-7-16(12-15)27-2)22-18(24-14)9-4-10-19(22)25/h3,6-7,12,17,20-21H,4-5,8-11,13H2,1-2H3/t17-,20?,21+/m1/s1. The fourth-order valence-electron chi connectivity index (χ4n) is 4.55. The first-order valence-electron chi connectivity index (χ1n) is 10.3. The van der Waals surface area contributed by atoms with Gasteiger partial charge in [-0.2, -0.15) is 0 Å². The van der Waals surface area contributed by atoms with Gasteiger partial charge in [0.15, 0.2) is 5.78 Å². The van der Waals surface area contributed by atoms with Crippen molar-refractivity contribution in [1.29, 1.82) is 0 Å². The van der Waals surface area contributed by atoms with Crippen LogP contribution >= 0.6 is 0 Å². The summed E-state index contributed by atoms with van der Waals surface area (Å²) < 4.78 is 16.6. The van der Waals surface area contributed by atoms with Gasteiger partial charge in [-0.15, -0.1) is 0 Å². The number of ketones is 1. The number of allylic oxidation sites excluding steroid dienone is 2. The lowest BCUT2D eigenvalue weighted by Gasteiger charge is -2.34. The number of rotatable bonds is 5. The van der Waals surface area contributed by atoms with Crippen LogP contribution in [0.2, 0.25) is 0 Å². The van der Waals surface area contributed by atoms with Crippen LogP contribution in [0.25, 0.3) is 0 Å². The van der Waals surface area contributed by atoms with Crippen molar-refractivity contribution in [2.45, 2.75) is 51.0 Å². The molecule has 0 N–H and O–H groups in total. The molecule has 2 heterocycles. The second-order valence-electron chi connectivity index (χ2n) is 7.89. The Hall–Kier alpha value is -2.47. The number of methoxy groups -OCH3 is 1. The van der Waals surface area contributed by atoms with E-state index in [9.17, 15) is 9.59 Å². The molecule has 0 saturated carbocycles. The molecule has 1 aliphatic carbocycles. The lowest BCUT2D eigenvalue weighted by Crippen LogP contribution is -2.38. The van der Waals surface area contributed by atoms with Gasteiger partial charge in [0.1, 0.15) is 18.3 Å². The lowest BCUT2D eigenvalue weighted by molar-refractivity contribution is -0.149. The number of carbonyl (C=O) groups excluding carboxylic acids is 2. The van der Waals surface area contributed by atoms with Crippen LogP contribution in [-0.4, -0.2) is 43.9 Å². The molecule has 0 radical (unpaired) electrons. The molecule has 1 aromatic rings. The molecule has 0 aromatic heterocycles. The molecule has 1 unspecified atom stereocenters. The Kier molecular flexibility index (Phi) is 5.81. The maximum Gasteiger partial charge on any atom is 0.315 e. The first-order valence-corrected chi connectivity index (χ1v) is 10.3. The second kappa shape index (κ2) is 8.49. The number of benzene rings is 1. The summed E-state index contributed by atoms with van der Waals surface area (Å²) in [5.74, 6) is -0.599. The van der Waals surface area contributed by atoms with Crippen molar-refractivity contribution in [2.75, 3.05) is 20.3 Å². The molecule has 6 heteroatoms. The van der Waals surface area contributed by atoms with Crippen LogP contribution in [0.3, 0.4) is 0 Å². The van der Waals surface area contributed by atoms with E-state index >= 15 is 0 Å². The van der Waals surface area contributed by atoms with Crippen molar-refractivity contribution in [3.05, 3.63) is 41.1 Å². The van der Waals surface area contributed by atoms with Gasteiger partial charge < -0.3 is 14.2 Å². The maximum absolute atomic E-state index is 13.2. The van der Waals surface area contributed by atoms with Crippen LogP contribution in [0.15, 0.2) is 40.5 Å². The zero-order valence-corrected chi connectivity index (χ0v) is 17.0. The van der Waals surface area contributed by atoms with Gasteiger partial charge in [0.05, 0.1) is 13.2 Å². The van der Waals surface area contributed by atoms with Gasteiger partial charge in [-0.3, -0.25) is 14.6 Å². The number of ether oxygens (including phenoxy) is 3. The molecule has 6 nitrogen and oxygen atoms in total. The summed E-state index contributed by atoms with van der Waals surface area (Å²) >= 11 is 0. The van der Waals surface area contributed by atoms with Crippen LogP contribution < -0.4 is 4.74 Å². The Morgan fingerprint density at radius 1 is 1.28 bits per heavy atom. The van der Waals surface area contributed by atoms with Gasteiger partial charge in [-0.05, 0) is 50.3 Å². The Bertz CT molecular complexity index is 866. The Balaban J connectivity index is 1.69. The molecule has 4 rings (SSSR count). The summed E-state index contributed by atoms with van der Waals surface area (Å²) in [7, 11) is 1.61. The van der Waals surface area contributed by atoms with Gasteiger partial charge in [0.25, 0.3) is 0 Å². The molecule has 29 heavy (non-hydrogen) atoms. The largest absolute Gasteiger partial charge is 0.497 e. The van der Waals surface area contributed by atoms with Crippen molar-refractivity contribution in [3.63, 3.8) is 0 Å². The van der Waals surface area contributed by atoms with Crippen molar-refractivity contribution in [3.8, 4) is 5.75 Å². The number of hydrogen-bond donors (Lipinski definition) is 0. The highest BCUT2D eigenvalue weighted by molar-refractivity contribution is 6.08. The molecule has 3 atom stereocenters. The van der Waals surface area contributed by atoms with E-state index < -0.39 is 11.8 Å². The summed E-state index contributed by atoms with van der Waals surface area (Å²) in [6, 6.07) is 7.59. The molecule has 1 aromatic carbocycles. The van der Waals surface area contributed by atoms with Gasteiger partial charge in [-0.25, -0.2) is 0 Å². The number of aliphatic imine (C=N–C) groups is 1. The van der Waals surface area contributed by atoms with Crippen LogP contribution in [0.5, 0.6) is 5.75 Å². The van der Waals surface area contributed by atoms with Gasteiger partial charge in [0, 0.05) is 35.9 Å². The van der Waals surface area contributed by atoms with E-state index in [1.807, 2.05) is 31.2 Å². The molecule has 0 amide bonds. The zero-order valence-electron chi connectivity index (χ0n) is 17.0. The average molecular weight is 397 g/mol. The van der Waals surface area contributed by atoms with Crippen LogP contribution in [0.4, 0.5) is 0 Å². The minimum absolute atomic E-state index is 0.0406. The molecule has 0 bridgehead atoms. The molecular weight excluding hydrogens is 370 g/mol. The van der Waals surface area contributed by atoms with E-state index in [2.05, 4.69) is 4.99 Å². The summed E-state index contributed by atoms with van der Waals surface area (Å²) in [6.45, 7) is 2.81. The summed E-state index contributed by atoms with van der Waals surface area (Å²) in [5.41, 5.74) is 3.05. The minimum Gasteiger partial charge on any atom is -0.497 e. The molecular formula is C23H27NO5. The number of nitrogens with zero attached hydrogens (tertiary/aromatic N) is 1. The van der Waals surface area contributed by atoms with Crippen LogP contribution in [0, 0.1) is 5.92 Å². The van der Waals surface area contributed by atoms with E-state index in [4.69, 9.17) is 14.2 Å². The first kappa shape index (κ1) is 19.8. The summed E-state index contributed by atoms with van der Waals surface area (Å²) in [5, 5.41) is 0. The number of carbonyl (C=O) groups is 2. The van der Waals surface area contributed by atoms with Crippen LogP contribution in [0.1, 0.15) is 50.5 Å². The first-order chi connectivity index (χ1) is 14.1. The topological polar surface area (TPSA) is 74.2 Å². The highest BCUT2D eigenvalue weighted by Gasteiger charge is 2.43. The van der Waals surface area contributed by atoms with Gasteiger partial charge in [-0.1, -0.05) is 12.1 Å². The average Bonchev–Trinajstić information content (AvgIpc) is 3.25. The summed E-state index contributed by atoms with van der Waals surface area (Å²) in [4.78, 5) is 30.7. The van der Waals surface area contributed by atoms with Crippen molar-refractivity contribution >= 4 is 17.5 Å². The highest BCUT2D eigenvalue weighted by Crippen LogP contribution is 2.44. The van der Waals surface area contributed by atoms with Gasteiger partial charge >= 0.3 is 5.97 Å². The number of esters is 1. The Labute approximate surface area is 170 Å². The fraction of sp³-hybridized carbons (Fsp3) is 0.522. The van der Waals surface area contributed by atoms with Crippen molar-refractivity contribution in [2.24, 2.45) is 10.9 Å². The molecule has 154 valence electrons. The predicted molar refractivity (Wildman–Crippen MR) is 108 cm³/mol. The molecule has 3 aliphatic rings. The second-order valence-corrected chi connectivity index (χ2v) is 7.89. The molecule has 1 fully saturated rings.